The molecule has 0 aromatic heterocycles. The molecule has 1 N–H and O–H groups in total. The number of likely N-dealkylation sites (tertiary alicyclic amines) is 1. The maximum Gasteiger partial charge on any atom is 0.223 e. The van der Waals surface area contributed by atoms with Crippen molar-refractivity contribution in [2.45, 2.75) is 37.4 Å². The Balaban J connectivity index is 1.13. The zero-order valence-corrected chi connectivity index (χ0v) is 17.6. The molecule has 160 valence electrons. The fourth-order valence-corrected chi connectivity index (χ4v) is 6.10. The van der Waals surface area contributed by atoms with Crippen molar-refractivity contribution >= 4 is 12.0 Å². The quantitative estimate of drug-likeness (QED) is 0.781. The number of ether oxygens (including phenoxy) is 3. The van der Waals surface area contributed by atoms with Gasteiger partial charge in [0, 0.05) is 49.5 Å². The Labute approximate surface area is 177 Å². The minimum atomic E-state index is -0.00312. The van der Waals surface area contributed by atoms with Crippen LogP contribution < -0.4 is 14.8 Å². The Morgan fingerprint density at radius 1 is 1.33 bits per heavy atom. The van der Waals surface area contributed by atoms with E-state index in [0.29, 0.717) is 24.5 Å². The van der Waals surface area contributed by atoms with E-state index in [1.165, 1.54) is 5.57 Å². The number of carbonyl (C=O) groups is 1. The number of hydrogen-bond donors (Lipinski definition) is 1. The van der Waals surface area contributed by atoms with Crippen LogP contribution in [0.25, 0.3) is 6.08 Å². The summed E-state index contributed by atoms with van der Waals surface area (Å²) in [6.07, 6.45) is 6.98. The Morgan fingerprint density at radius 2 is 2.23 bits per heavy atom. The van der Waals surface area contributed by atoms with E-state index in [-0.39, 0.29) is 17.4 Å². The van der Waals surface area contributed by atoms with Crippen molar-refractivity contribution in [1.29, 1.82) is 0 Å². The van der Waals surface area contributed by atoms with Gasteiger partial charge in [-0.25, -0.2) is 0 Å². The Kier molecular flexibility index (Phi) is 4.36. The van der Waals surface area contributed by atoms with E-state index in [1.807, 2.05) is 18.2 Å². The molecule has 4 atom stereocenters. The standard InChI is InChI=1S/C24H30N2O4/c1-28-18-4-5-21-17(9-18)8-15(13-29-21)11-26-12-20-19(10-25-23(27)16-2-3-16)22-6-7-24(20,14-26)30-22/h4-5,8-9,16,19-20,22H,2-3,6-7,10-14H2,1H3,(H,25,27)/t19-,20+,22+,24+/m0/s1. The number of nitrogens with one attached hydrogen (secondary N) is 1. The predicted octanol–water partition coefficient (Wildman–Crippen LogP) is 2.48. The van der Waals surface area contributed by atoms with Crippen molar-refractivity contribution < 1.29 is 19.0 Å². The van der Waals surface area contributed by atoms with Gasteiger partial charge in [0.2, 0.25) is 5.91 Å². The maximum absolute atomic E-state index is 12.1. The van der Waals surface area contributed by atoms with Crippen molar-refractivity contribution in [1.82, 2.24) is 10.2 Å². The van der Waals surface area contributed by atoms with Crippen molar-refractivity contribution in [3.8, 4) is 11.5 Å². The molecule has 5 aliphatic rings. The number of methoxy groups -OCH3 is 1. The summed E-state index contributed by atoms with van der Waals surface area (Å²) in [6.45, 7) is 4.35. The summed E-state index contributed by atoms with van der Waals surface area (Å²) >= 11 is 0. The molecule has 6 heteroatoms. The van der Waals surface area contributed by atoms with Gasteiger partial charge in [0.15, 0.2) is 0 Å². The number of amides is 1. The number of rotatable bonds is 6. The first-order valence-electron chi connectivity index (χ1n) is 11.3. The van der Waals surface area contributed by atoms with E-state index in [4.69, 9.17) is 14.2 Å². The average Bonchev–Trinajstić information content (AvgIpc) is 3.36. The van der Waals surface area contributed by atoms with Crippen LogP contribution in [-0.2, 0) is 9.53 Å². The summed E-state index contributed by atoms with van der Waals surface area (Å²) in [5, 5.41) is 3.22. The normalized spacial score (nSPS) is 34.2. The minimum absolute atomic E-state index is 0.00312. The third kappa shape index (κ3) is 3.12. The van der Waals surface area contributed by atoms with Gasteiger partial charge in [-0.2, -0.15) is 0 Å². The molecule has 1 aromatic rings. The summed E-state index contributed by atoms with van der Waals surface area (Å²) < 4.78 is 17.9. The van der Waals surface area contributed by atoms with E-state index in [2.05, 4.69) is 16.3 Å². The first-order chi connectivity index (χ1) is 14.6. The van der Waals surface area contributed by atoms with E-state index in [1.54, 1.807) is 7.11 Å². The van der Waals surface area contributed by atoms with Crippen LogP contribution in [0.3, 0.4) is 0 Å². The second-order valence-corrected chi connectivity index (χ2v) is 9.71. The highest BCUT2D eigenvalue weighted by Crippen LogP contribution is 2.54. The lowest BCUT2D eigenvalue weighted by Gasteiger charge is -2.29. The number of benzene rings is 1. The van der Waals surface area contributed by atoms with Crippen molar-refractivity contribution in [3.05, 3.63) is 29.3 Å². The molecular formula is C24H30N2O4. The van der Waals surface area contributed by atoms with Gasteiger partial charge >= 0.3 is 0 Å². The molecular weight excluding hydrogens is 380 g/mol. The zero-order chi connectivity index (χ0) is 20.3. The summed E-state index contributed by atoms with van der Waals surface area (Å²) in [5.74, 6) is 3.27. The van der Waals surface area contributed by atoms with Crippen LogP contribution in [0.15, 0.2) is 23.8 Å². The molecule has 4 fully saturated rings. The molecule has 30 heavy (non-hydrogen) atoms. The Bertz CT molecular complexity index is 895. The second kappa shape index (κ2) is 6.99. The van der Waals surface area contributed by atoms with Gasteiger partial charge in [-0.3, -0.25) is 9.69 Å². The highest BCUT2D eigenvalue weighted by molar-refractivity contribution is 5.80. The van der Waals surface area contributed by atoms with E-state index < -0.39 is 0 Å². The van der Waals surface area contributed by atoms with Crippen LogP contribution in [0.5, 0.6) is 11.5 Å². The Hall–Kier alpha value is -2.05. The maximum atomic E-state index is 12.1. The lowest BCUT2D eigenvalue weighted by Crippen LogP contribution is -2.42. The van der Waals surface area contributed by atoms with Gasteiger partial charge in [0.25, 0.3) is 0 Å². The van der Waals surface area contributed by atoms with Crippen molar-refractivity contribution in [3.63, 3.8) is 0 Å². The molecule has 1 saturated carbocycles. The van der Waals surface area contributed by atoms with Gasteiger partial charge in [-0.05, 0) is 55.5 Å². The van der Waals surface area contributed by atoms with Crippen LogP contribution in [-0.4, -0.2) is 62.4 Å². The molecule has 3 saturated heterocycles. The molecule has 4 aliphatic heterocycles. The molecule has 2 bridgehead atoms. The van der Waals surface area contributed by atoms with Crippen molar-refractivity contribution in [2.24, 2.45) is 17.8 Å². The SMILES string of the molecule is COc1ccc2c(c1)C=C(CN1C[C@@H]3[C@H](CNC(=O)C4CC4)[C@H]4CC[C@]3(C1)O4)CO2. The van der Waals surface area contributed by atoms with E-state index in [9.17, 15) is 4.79 Å². The predicted molar refractivity (Wildman–Crippen MR) is 112 cm³/mol. The average molecular weight is 411 g/mol. The van der Waals surface area contributed by atoms with Crippen molar-refractivity contribution in [2.75, 3.05) is 39.9 Å². The topological polar surface area (TPSA) is 60.0 Å². The molecule has 1 aliphatic carbocycles. The molecule has 1 amide bonds. The van der Waals surface area contributed by atoms with Crippen LogP contribution in [0.1, 0.15) is 31.2 Å². The molecule has 0 radical (unpaired) electrons. The molecule has 4 heterocycles. The lowest BCUT2D eigenvalue weighted by atomic mass is 9.73. The van der Waals surface area contributed by atoms with Crippen LogP contribution in [0.2, 0.25) is 0 Å². The van der Waals surface area contributed by atoms with Crippen LogP contribution in [0.4, 0.5) is 0 Å². The highest BCUT2D eigenvalue weighted by atomic mass is 16.5. The first-order valence-corrected chi connectivity index (χ1v) is 11.3. The van der Waals surface area contributed by atoms with Gasteiger partial charge in [-0.1, -0.05) is 0 Å². The van der Waals surface area contributed by atoms with Gasteiger partial charge in [-0.15, -0.1) is 0 Å². The molecule has 1 spiro atoms. The number of fused-ring (bicyclic) bond motifs is 2. The molecule has 0 unspecified atom stereocenters. The Morgan fingerprint density at radius 3 is 3.07 bits per heavy atom. The fraction of sp³-hybridized carbons (Fsp3) is 0.625. The lowest BCUT2D eigenvalue weighted by molar-refractivity contribution is -0.122. The summed E-state index contributed by atoms with van der Waals surface area (Å²) in [7, 11) is 1.69. The number of carbonyl (C=O) groups excluding carboxylic acids is 1. The van der Waals surface area contributed by atoms with Gasteiger partial charge < -0.3 is 19.5 Å². The number of hydrogen-bond acceptors (Lipinski definition) is 5. The van der Waals surface area contributed by atoms with E-state index >= 15 is 0 Å². The third-order valence-corrected chi connectivity index (χ3v) is 7.73. The monoisotopic (exact) mass is 410 g/mol. The summed E-state index contributed by atoms with van der Waals surface area (Å²) in [4.78, 5) is 14.7. The minimum Gasteiger partial charge on any atom is -0.497 e. The van der Waals surface area contributed by atoms with Gasteiger partial charge in [0.05, 0.1) is 18.8 Å². The smallest absolute Gasteiger partial charge is 0.223 e. The zero-order valence-electron chi connectivity index (χ0n) is 17.6. The summed E-state index contributed by atoms with van der Waals surface area (Å²) in [6, 6.07) is 5.96. The van der Waals surface area contributed by atoms with Crippen LogP contribution >= 0.6 is 0 Å². The largest absolute Gasteiger partial charge is 0.497 e. The fourth-order valence-electron chi connectivity index (χ4n) is 6.10. The molecule has 6 nitrogen and oxygen atoms in total. The first kappa shape index (κ1) is 18.7. The molecule has 6 rings (SSSR count). The van der Waals surface area contributed by atoms with E-state index in [0.717, 1.165) is 68.9 Å². The second-order valence-electron chi connectivity index (χ2n) is 9.71. The summed E-state index contributed by atoms with van der Waals surface area (Å²) in [5.41, 5.74) is 2.38. The van der Waals surface area contributed by atoms with Gasteiger partial charge in [0.1, 0.15) is 18.1 Å². The highest BCUT2D eigenvalue weighted by Gasteiger charge is 2.62. The third-order valence-electron chi connectivity index (χ3n) is 7.73. The molecule has 1 aromatic carbocycles. The number of nitrogens with zero attached hydrogens (tertiary/aromatic N) is 1. The van der Waals surface area contributed by atoms with Crippen LogP contribution in [0, 0.1) is 17.8 Å².